The number of benzene rings is 1. The van der Waals surface area contributed by atoms with Crippen molar-refractivity contribution in [2.24, 2.45) is 0 Å². The van der Waals surface area contributed by atoms with Crippen molar-refractivity contribution in [2.75, 3.05) is 13.2 Å². The lowest BCUT2D eigenvalue weighted by Gasteiger charge is -2.14. The third-order valence-corrected chi connectivity index (χ3v) is 4.10. The van der Waals surface area contributed by atoms with E-state index >= 15 is 0 Å². The highest BCUT2D eigenvalue weighted by atomic mass is 35.5. The highest BCUT2D eigenvalue weighted by molar-refractivity contribution is 6.31. The maximum absolute atomic E-state index is 12.0. The molecule has 3 rings (SSSR count). The predicted octanol–water partition coefficient (Wildman–Crippen LogP) is 1.97. The highest BCUT2D eigenvalue weighted by Crippen LogP contribution is 2.16. The van der Waals surface area contributed by atoms with Gasteiger partial charge in [-0.2, -0.15) is 5.10 Å². The standard InChI is InChI=1S/C16H18ClN3O2/c17-14-4-2-1-3-12(14)9-16(21)18-6-7-20-15-5-8-22-11-13(15)10-19-20/h1-4,10H,5-9,11H2,(H,18,21). The molecule has 1 aromatic heterocycles. The first-order valence-corrected chi connectivity index (χ1v) is 7.73. The van der Waals surface area contributed by atoms with E-state index in [2.05, 4.69) is 10.4 Å². The van der Waals surface area contributed by atoms with Crippen LogP contribution in [0.5, 0.6) is 0 Å². The Morgan fingerprint density at radius 3 is 3.14 bits per heavy atom. The van der Waals surface area contributed by atoms with Crippen LogP contribution in [0.15, 0.2) is 30.5 Å². The van der Waals surface area contributed by atoms with Gasteiger partial charge in [-0.15, -0.1) is 0 Å². The Kier molecular flexibility index (Phi) is 4.75. The minimum atomic E-state index is -0.0301. The molecule has 1 aromatic carbocycles. The van der Waals surface area contributed by atoms with Crippen molar-refractivity contribution in [2.45, 2.75) is 26.0 Å². The van der Waals surface area contributed by atoms with Crippen molar-refractivity contribution < 1.29 is 9.53 Å². The van der Waals surface area contributed by atoms with Gasteiger partial charge in [0.25, 0.3) is 0 Å². The summed E-state index contributed by atoms with van der Waals surface area (Å²) in [4.78, 5) is 12.0. The largest absolute Gasteiger partial charge is 0.376 e. The lowest BCUT2D eigenvalue weighted by molar-refractivity contribution is -0.120. The Labute approximate surface area is 134 Å². The second kappa shape index (κ2) is 6.94. The average Bonchev–Trinajstić information content (AvgIpc) is 2.93. The Balaban J connectivity index is 1.50. The van der Waals surface area contributed by atoms with Crippen LogP contribution in [0.3, 0.4) is 0 Å². The first kappa shape index (κ1) is 15.1. The SMILES string of the molecule is O=C(Cc1ccccc1Cl)NCCn1ncc2c1CCOC2. The van der Waals surface area contributed by atoms with Crippen LogP contribution < -0.4 is 5.32 Å². The van der Waals surface area contributed by atoms with Gasteiger partial charge in [0.15, 0.2) is 0 Å². The topological polar surface area (TPSA) is 56.2 Å². The highest BCUT2D eigenvalue weighted by Gasteiger charge is 2.15. The molecule has 1 N–H and O–H groups in total. The zero-order valence-corrected chi connectivity index (χ0v) is 13.0. The summed E-state index contributed by atoms with van der Waals surface area (Å²) in [6, 6.07) is 7.40. The van der Waals surface area contributed by atoms with E-state index in [0.717, 1.165) is 24.2 Å². The predicted molar refractivity (Wildman–Crippen MR) is 83.8 cm³/mol. The molecule has 2 heterocycles. The number of fused-ring (bicyclic) bond motifs is 1. The van der Waals surface area contributed by atoms with Crippen LogP contribution in [0.4, 0.5) is 0 Å². The molecule has 0 unspecified atom stereocenters. The zero-order valence-electron chi connectivity index (χ0n) is 12.2. The van der Waals surface area contributed by atoms with E-state index in [0.29, 0.717) is 31.1 Å². The smallest absolute Gasteiger partial charge is 0.224 e. The molecule has 0 fully saturated rings. The molecule has 0 aliphatic carbocycles. The van der Waals surface area contributed by atoms with Crippen molar-refractivity contribution in [1.29, 1.82) is 0 Å². The van der Waals surface area contributed by atoms with Gasteiger partial charge in [0.05, 0.1) is 32.4 Å². The summed E-state index contributed by atoms with van der Waals surface area (Å²) in [5.74, 6) is -0.0301. The molecule has 1 aliphatic heterocycles. The van der Waals surface area contributed by atoms with Gasteiger partial charge >= 0.3 is 0 Å². The van der Waals surface area contributed by atoms with Crippen LogP contribution in [0.1, 0.15) is 16.8 Å². The quantitative estimate of drug-likeness (QED) is 0.916. The number of ether oxygens (including phenoxy) is 1. The second-order valence-electron chi connectivity index (χ2n) is 5.26. The molecule has 22 heavy (non-hydrogen) atoms. The summed E-state index contributed by atoms with van der Waals surface area (Å²) in [7, 11) is 0. The van der Waals surface area contributed by atoms with Crippen molar-refractivity contribution in [3.8, 4) is 0 Å². The van der Waals surface area contributed by atoms with Crippen LogP contribution in [-0.2, 0) is 35.5 Å². The first-order chi connectivity index (χ1) is 10.7. The van der Waals surface area contributed by atoms with Crippen molar-refractivity contribution in [3.05, 3.63) is 52.3 Å². The molecule has 116 valence electrons. The summed E-state index contributed by atoms with van der Waals surface area (Å²) in [6.07, 6.45) is 3.02. The van der Waals surface area contributed by atoms with Crippen LogP contribution in [0, 0.1) is 0 Å². The van der Waals surface area contributed by atoms with Gasteiger partial charge in [0.2, 0.25) is 5.91 Å². The van der Waals surface area contributed by atoms with Crippen LogP contribution in [0.2, 0.25) is 5.02 Å². The van der Waals surface area contributed by atoms with Crippen molar-refractivity contribution in [3.63, 3.8) is 0 Å². The number of aromatic nitrogens is 2. The van der Waals surface area contributed by atoms with Crippen molar-refractivity contribution in [1.82, 2.24) is 15.1 Å². The molecule has 1 amide bonds. The van der Waals surface area contributed by atoms with Crippen LogP contribution >= 0.6 is 11.6 Å². The fraction of sp³-hybridized carbons (Fsp3) is 0.375. The van der Waals surface area contributed by atoms with Gasteiger partial charge in [-0.25, -0.2) is 0 Å². The van der Waals surface area contributed by atoms with E-state index in [-0.39, 0.29) is 5.91 Å². The van der Waals surface area contributed by atoms with E-state index in [4.69, 9.17) is 16.3 Å². The van der Waals surface area contributed by atoms with Gasteiger partial charge in [0, 0.05) is 29.2 Å². The van der Waals surface area contributed by atoms with E-state index in [1.807, 2.05) is 29.1 Å². The molecule has 0 bridgehead atoms. The number of hydrogen-bond acceptors (Lipinski definition) is 3. The van der Waals surface area contributed by atoms with E-state index in [9.17, 15) is 4.79 Å². The average molecular weight is 320 g/mol. The number of nitrogens with zero attached hydrogens (tertiary/aromatic N) is 2. The Morgan fingerprint density at radius 2 is 2.27 bits per heavy atom. The van der Waals surface area contributed by atoms with Gasteiger partial charge in [-0.05, 0) is 11.6 Å². The number of rotatable bonds is 5. The number of carbonyl (C=O) groups excluding carboxylic acids is 1. The third kappa shape index (κ3) is 3.48. The molecule has 0 saturated heterocycles. The molecule has 6 heteroatoms. The molecular formula is C16H18ClN3O2. The summed E-state index contributed by atoms with van der Waals surface area (Å²) in [5, 5.41) is 7.89. The molecule has 0 spiro atoms. The summed E-state index contributed by atoms with van der Waals surface area (Å²) >= 11 is 6.06. The molecular weight excluding hydrogens is 302 g/mol. The lowest BCUT2D eigenvalue weighted by Crippen LogP contribution is -2.29. The fourth-order valence-electron chi connectivity index (χ4n) is 2.58. The lowest BCUT2D eigenvalue weighted by atomic mass is 10.1. The molecule has 0 atom stereocenters. The van der Waals surface area contributed by atoms with Gasteiger partial charge in [-0.3, -0.25) is 9.48 Å². The van der Waals surface area contributed by atoms with Gasteiger partial charge < -0.3 is 10.1 Å². The molecule has 5 nitrogen and oxygen atoms in total. The molecule has 2 aromatic rings. The van der Waals surface area contributed by atoms with Crippen LogP contribution in [0.25, 0.3) is 0 Å². The summed E-state index contributed by atoms with van der Waals surface area (Å²) < 4.78 is 7.35. The monoisotopic (exact) mass is 319 g/mol. The zero-order chi connectivity index (χ0) is 15.4. The Hall–Kier alpha value is -1.85. The van der Waals surface area contributed by atoms with Crippen LogP contribution in [-0.4, -0.2) is 28.8 Å². The fourth-order valence-corrected chi connectivity index (χ4v) is 2.78. The number of halogens is 1. The van der Waals surface area contributed by atoms with Crippen molar-refractivity contribution >= 4 is 17.5 Å². The number of hydrogen-bond donors (Lipinski definition) is 1. The summed E-state index contributed by atoms with van der Waals surface area (Å²) in [6.45, 7) is 2.59. The third-order valence-electron chi connectivity index (χ3n) is 3.73. The number of amides is 1. The summed E-state index contributed by atoms with van der Waals surface area (Å²) in [5.41, 5.74) is 3.20. The minimum Gasteiger partial charge on any atom is -0.376 e. The Morgan fingerprint density at radius 1 is 1.41 bits per heavy atom. The van der Waals surface area contributed by atoms with E-state index in [1.165, 1.54) is 5.69 Å². The molecule has 0 saturated carbocycles. The van der Waals surface area contributed by atoms with Gasteiger partial charge in [-0.1, -0.05) is 29.8 Å². The van der Waals surface area contributed by atoms with E-state index in [1.54, 1.807) is 6.07 Å². The van der Waals surface area contributed by atoms with Gasteiger partial charge in [0.1, 0.15) is 0 Å². The number of nitrogens with one attached hydrogen (secondary N) is 1. The number of carbonyl (C=O) groups is 1. The molecule has 0 radical (unpaired) electrons. The Bertz CT molecular complexity index is 669. The maximum atomic E-state index is 12.0. The van der Waals surface area contributed by atoms with E-state index < -0.39 is 0 Å². The minimum absolute atomic E-state index is 0.0301. The first-order valence-electron chi connectivity index (χ1n) is 7.35. The maximum Gasteiger partial charge on any atom is 0.224 e. The molecule has 1 aliphatic rings. The second-order valence-corrected chi connectivity index (χ2v) is 5.67. The normalized spacial score (nSPS) is 13.7.